The van der Waals surface area contributed by atoms with Crippen molar-refractivity contribution in [3.63, 3.8) is 0 Å². The predicted molar refractivity (Wildman–Crippen MR) is 80.7 cm³/mol. The molecule has 0 aromatic carbocycles. The molecule has 4 amide bonds. The zero-order chi connectivity index (χ0) is 15.6. The van der Waals surface area contributed by atoms with E-state index < -0.39 is 17.9 Å². The highest BCUT2D eigenvalue weighted by Crippen LogP contribution is 2.34. The lowest BCUT2D eigenvalue weighted by Gasteiger charge is -2.37. The molecule has 0 aliphatic carbocycles. The lowest BCUT2D eigenvalue weighted by molar-refractivity contribution is -0.145. The Hall–Kier alpha value is -1.69. The van der Waals surface area contributed by atoms with Gasteiger partial charge >= 0.3 is 6.03 Å². The Morgan fingerprint density at radius 3 is 2.57 bits per heavy atom. The SMILES string of the molecule is CCCC1C(=O)NC(=O)N(C(c2cccs2)C(C)C)C1=O. The molecule has 0 spiro atoms. The number of nitrogens with zero attached hydrogens (tertiary/aromatic N) is 1. The molecule has 1 fully saturated rings. The van der Waals surface area contributed by atoms with Crippen LogP contribution in [0.5, 0.6) is 0 Å². The highest BCUT2D eigenvalue weighted by molar-refractivity contribution is 7.10. The largest absolute Gasteiger partial charge is 0.331 e. The van der Waals surface area contributed by atoms with Crippen molar-refractivity contribution in [2.45, 2.75) is 39.7 Å². The molecular formula is C15H20N2O3S. The molecule has 0 radical (unpaired) electrons. The van der Waals surface area contributed by atoms with Crippen LogP contribution >= 0.6 is 11.3 Å². The summed E-state index contributed by atoms with van der Waals surface area (Å²) in [7, 11) is 0. The molecule has 1 aromatic heterocycles. The van der Waals surface area contributed by atoms with Crippen molar-refractivity contribution < 1.29 is 14.4 Å². The zero-order valence-electron chi connectivity index (χ0n) is 12.5. The molecule has 0 bridgehead atoms. The number of amides is 4. The first kappa shape index (κ1) is 15.7. The van der Waals surface area contributed by atoms with Gasteiger partial charge in [0.25, 0.3) is 0 Å². The van der Waals surface area contributed by atoms with Gasteiger partial charge in [-0.15, -0.1) is 11.3 Å². The summed E-state index contributed by atoms with van der Waals surface area (Å²) in [6.45, 7) is 5.85. The van der Waals surface area contributed by atoms with Gasteiger partial charge in [0, 0.05) is 4.88 Å². The number of carbonyl (C=O) groups is 3. The van der Waals surface area contributed by atoms with Crippen LogP contribution in [-0.4, -0.2) is 22.7 Å². The van der Waals surface area contributed by atoms with Crippen LogP contribution < -0.4 is 5.32 Å². The van der Waals surface area contributed by atoms with Gasteiger partial charge in [-0.3, -0.25) is 19.8 Å². The van der Waals surface area contributed by atoms with Crippen molar-refractivity contribution in [1.29, 1.82) is 0 Å². The second kappa shape index (κ2) is 6.39. The molecule has 21 heavy (non-hydrogen) atoms. The van der Waals surface area contributed by atoms with Crippen molar-refractivity contribution in [1.82, 2.24) is 10.2 Å². The van der Waals surface area contributed by atoms with Crippen LogP contribution in [0.2, 0.25) is 0 Å². The Morgan fingerprint density at radius 2 is 2.05 bits per heavy atom. The highest BCUT2D eigenvalue weighted by Gasteiger charge is 2.44. The summed E-state index contributed by atoms with van der Waals surface area (Å²) in [6.07, 6.45) is 1.18. The highest BCUT2D eigenvalue weighted by atomic mass is 32.1. The van der Waals surface area contributed by atoms with Crippen molar-refractivity contribution >= 4 is 29.2 Å². The molecule has 1 saturated heterocycles. The number of barbiturate groups is 1. The number of hydrogen-bond acceptors (Lipinski definition) is 4. The van der Waals surface area contributed by atoms with Gasteiger partial charge in [-0.05, 0) is 23.8 Å². The standard InChI is InChI=1S/C15H20N2O3S/c1-4-6-10-13(18)16-15(20)17(14(10)19)12(9(2)3)11-7-5-8-21-11/h5,7-10,12H,4,6H2,1-3H3,(H,16,18,20). The first-order chi connectivity index (χ1) is 9.97. The molecule has 2 rings (SSSR count). The average Bonchev–Trinajstić information content (AvgIpc) is 2.92. The maximum atomic E-state index is 12.6. The van der Waals surface area contributed by atoms with Gasteiger partial charge in [0.2, 0.25) is 11.8 Å². The van der Waals surface area contributed by atoms with Crippen LogP contribution in [0.15, 0.2) is 17.5 Å². The van der Waals surface area contributed by atoms with Crippen molar-refractivity contribution in [2.24, 2.45) is 11.8 Å². The zero-order valence-corrected chi connectivity index (χ0v) is 13.3. The Labute approximate surface area is 128 Å². The topological polar surface area (TPSA) is 66.5 Å². The lowest BCUT2D eigenvalue weighted by Crippen LogP contribution is -2.59. The smallest absolute Gasteiger partial charge is 0.277 e. The molecule has 114 valence electrons. The van der Waals surface area contributed by atoms with Gasteiger partial charge in [-0.25, -0.2) is 4.79 Å². The molecule has 5 nitrogen and oxygen atoms in total. The average molecular weight is 308 g/mol. The Bertz CT molecular complexity index is 539. The van der Waals surface area contributed by atoms with Gasteiger partial charge in [0.05, 0.1) is 6.04 Å². The minimum Gasteiger partial charge on any atom is -0.277 e. The quantitative estimate of drug-likeness (QED) is 0.850. The number of nitrogens with one attached hydrogen (secondary N) is 1. The monoisotopic (exact) mass is 308 g/mol. The van der Waals surface area contributed by atoms with E-state index in [0.29, 0.717) is 6.42 Å². The van der Waals surface area contributed by atoms with E-state index in [1.54, 1.807) is 0 Å². The van der Waals surface area contributed by atoms with Crippen molar-refractivity contribution in [3.8, 4) is 0 Å². The van der Waals surface area contributed by atoms with Crippen LogP contribution in [0.4, 0.5) is 4.79 Å². The molecule has 1 aromatic rings. The van der Waals surface area contributed by atoms with Crippen molar-refractivity contribution in [2.75, 3.05) is 0 Å². The number of thiophene rings is 1. The fourth-order valence-corrected chi connectivity index (χ4v) is 3.64. The molecule has 1 aliphatic heterocycles. The fraction of sp³-hybridized carbons (Fsp3) is 0.533. The van der Waals surface area contributed by atoms with E-state index in [2.05, 4.69) is 5.32 Å². The van der Waals surface area contributed by atoms with E-state index in [4.69, 9.17) is 0 Å². The number of carbonyl (C=O) groups excluding carboxylic acids is 3. The number of imide groups is 2. The van der Waals surface area contributed by atoms with E-state index in [1.165, 1.54) is 16.2 Å². The molecule has 2 atom stereocenters. The van der Waals surface area contributed by atoms with E-state index in [9.17, 15) is 14.4 Å². The second-order valence-corrected chi connectivity index (χ2v) is 6.53. The van der Waals surface area contributed by atoms with E-state index >= 15 is 0 Å². The molecule has 1 aliphatic rings. The summed E-state index contributed by atoms with van der Waals surface area (Å²) in [5.41, 5.74) is 0. The summed E-state index contributed by atoms with van der Waals surface area (Å²) in [5.74, 6) is -1.53. The first-order valence-electron chi connectivity index (χ1n) is 7.18. The van der Waals surface area contributed by atoms with E-state index in [-0.39, 0.29) is 17.9 Å². The minimum atomic E-state index is -0.756. The van der Waals surface area contributed by atoms with Crippen LogP contribution in [0.3, 0.4) is 0 Å². The lowest BCUT2D eigenvalue weighted by atomic mass is 9.94. The number of urea groups is 1. The summed E-state index contributed by atoms with van der Waals surface area (Å²) < 4.78 is 0. The van der Waals surface area contributed by atoms with Crippen LogP contribution in [0.25, 0.3) is 0 Å². The molecule has 2 unspecified atom stereocenters. The molecular weight excluding hydrogens is 288 g/mol. The van der Waals surface area contributed by atoms with E-state index in [1.807, 2.05) is 38.3 Å². The first-order valence-corrected chi connectivity index (χ1v) is 8.06. The van der Waals surface area contributed by atoms with Gasteiger partial charge in [0.1, 0.15) is 5.92 Å². The van der Waals surface area contributed by atoms with Gasteiger partial charge in [-0.2, -0.15) is 0 Å². The molecule has 2 heterocycles. The molecule has 0 saturated carbocycles. The maximum Gasteiger partial charge on any atom is 0.331 e. The second-order valence-electron chi connectivity index (χ2n) is 5.55. The molecule has 1 N–H and O–H groups in total. The van der Waals surface area contributed by atoms with E-state index in [0.717, 1.165) is 11.3 Å². The third-order valence-corrected chi connectivity index (χ3v) is 4.57. The van der Waals surface area contributed by atoms with Crippen LogP contribution in [0, 0.1) is 11.8 Å². The predicted octanol–water partition coefficient (Wildman–Crippen LogP) is 2.94. The minimum absolute atomic E-state index is 0.0776. The number of hydrogen-bond donors (Lipinski definition) is 1. The third kappa shape index (κ3) is 3.00. The number of rotatable bonds is 5. The van der Waals surface area contributed by atoms with Gasteiger partial charge < -0.3 is 0 Å². The van der Waals surface area contributed by atoms with Crippen LogP contribution in [0.1, 0.15) is 44.5 Å². The van der Waals surface area contributed by atoms with Crippen LogP contribution in [-0.2, 0) is 9.59 Å². The van der Waals surface area contributed by atoms with Gasteiger partial charge in [0.15, 0.2) is 0 Å². The van der Waals surface area contributed by atoms with Crippen molar-refractivity contribution in [3.05, 3.63) is 22.4 Å². The normalized spacial score (nSPS) is 20.9. The third-order valence-electron chi connectivity index (χ3n) is 3.62. The fourth-order valence-electron chi connectivity index (χ4n) is 2.65. The Kier molecular flexibility index (Phi) is 4.77. The Balaban J connectivity index is 2.36. The maximum absolute atomic E-state index is 12.6. The summed E-state index contributed by atoms with van der Waals surface area (Å²) >= 11 is 1.51. The van der Waals surface area contributed by atoms with Gasteiger partial charge in [-0.1, -0.05) is 33.3 Å². The summed E-state index contributed by atoms with van der Waals surface area (Å²) in [6, 6.07) is 2.88. The summed E-state index contributed by atoms with van der Waals surface area (Å²) in [4.78, 5) is 38.9. The summed E-state index contributed by atoms with van der Waals surface area (Å²) in [5, 5.41) is 4.25. The molecule has 6 heteroatoms. The Morgan fingerprint density at radius 1 is 1.33 bits per heavy atom.